The van der Waals surface area contributed by atoms with Crippen LogP contribution in [0, 0.1) is 47.3 Å². The molecule has 1 heterocycles. The fourth-order valence-electron chi connectivity index (χ4n) is 10.6. The lowest BCUT2D eigenvalue weighted by atomic mass is 9.55. The molecule has 8 aliphatic rings. The molecule has 0 aliphatic heterocycles. The standard InChI is InChI=1S/C30H38NP/c1-2-5-27(6-3-1)31-8-4-7-28(31)32(29-23-11-19-9-20(13-23)14-24(29)12-19)30-25-15-21-10-22(17-25)18-26(30)16-21/h1-8,19-26,29-30H,9-18H2. The zero-order valence-corrected chi connectivity index (χ0v) is 20.3. The Bertz CT molecular complexity index is 893. The summed E-state index contributed by atoms with van der Waals surface area (Å²) in [7, 11) is -0.1000. The highest BCUT2D eigenvalue weighted by Gasteiger charge is 2.57. The van der Waals surface area contributed by atoms with Crippen molar-refractivity contribution in [2.45, 2.75) is 75.5 Å². The Balaban J connectivity index is 1.25. The molecule has 8 bridgehead atoms. The van der Waals surface area contributed by atoms with Crippen molar-refractivity contribution in [1.82, 2.24) is 4.57 Å². The zero-order chi connectivity index (χ0) is 20.8. The van der Waals surface area contributed by atoms with Crippen LogP contribution < -0.4 is 5.44 Å². The third kappa shape index (κ3) is 2.85. The highest BCUT2D eigenvalue weighted by atomic mass is 31.1. The van der Waals surface area contributed by atoms with Crippen LogP contribution in [0.15, 0.2) is 48.7 Å². The lowest BCUT2D eigenvalue weighted by Gasteiger charge is -2.62. The summed E-state index contributed by atoms with van der Waals surface area (Å²) in [5, 5.41) is 0. The van der Waals surface area contributed by atoms with Crippen molar-refractivity contribution in [1.29, 1.82) is 0 Å². The molecule has 0 atom stereocenters. The molecule has 2 heteroatoms. The molecular weight excluding hydrogens is 405 g/mol. The smallest absolute Gasteiger partial charge is 0.0464 e. The minimum Gasteiger partial charge on any atom is -0.317 e. The van der Waals surface area contributed by atoms with Gasteiger partial charge in [0, 0.05) is 17.3 Å². The summed E-state index contributed by atoms with van der Waals surface area (Å²) < 4.78 is 2.64. The van der Waals surface area contributed by atoms with Crippen LogP contribution in [-0.4, -0.2) is 15.9 Å². The Kier molecular flexibility index (Phi) is 4.34. The molecule has 8 aliphatic carbocycles. The summed E-state index contributed by atoms with van der Waals surface area (Å²) in [4.78, 5) is 0. The van der Waals surface area contributed by atoms with E-state index in [9.17, 15) is 0 Å². The molecule has 2 aromatic rings. The van der Waals surface area contributed by atoms with Crippen LogP contribution in [-0.2, 0) is 0 Å². The minimum atomic E-state index is -0.1000. The van der Waals surface area contributed by atoms with Crippen molar-refractivity contribution in [2.24, 2.45) is 47.3 Å². The molecule has 0 saturated heterocycles. The van der Waals surface area contributed by atoms with Gasteiger partial charge in [0.05, 0.1) is 0 Å². The second-order valence-corrected chi connectivity index (χ2v) is 15.3. The Labute approximate surface area is 195 Å². The second-order valence-electron chi connectivity index (χ2n) is 12.8. The van der Waals surface area contributed by atoms with Gasteiger partial charge >= 0.3 is 0 Å². The molecule has 0 unspecified atom stereocenters. The summed E-state index contributed by atoms with van der Waals surface area (Å²) in [6.45, 7) is 0. The summed E-state index contributed by atoms with van der Waals surface area (Å²) >= 11 is 0. The van der Waals surface area contributed by atoms with E-state index in [1.54, 1.807) is 69.6 Å². The van der Waals surface area contributed by atoms with Gasteiger partial charge in [-0.05, 0) is 155 Å². The van der Waals surface area contributed by atoms with E-state index in [0.29, 0.717) is 0 Å². The van der Waals surface area contributed by atoms with Crippen LogP contribution in [0.25, 0.3) is 5.69 Å². The van der Waals surface area contributed by atoms with Crippen molar-refractivity contribution in [3.05, 3.63) is 48.7 Å². The quantitative estimate of drug-likeness (QED) is 0.439. The number of nitrogens with zero attached hydrogens (tertiary/aromatic N) is 1. The van der Waals surface area contributed by atoms with E-state index in [1.807, 2.05) is 0 Å². The predicted molar refractivity (Wildman–Crippen MR) is 134 cm³/mol. The summed E-state index contributed by atoms with van der Waals surface area (Å²) in [5.74, 6) is 8.55. The zero-order valence-electron chi connectivity index (χ0n) is 19.4. The lowest BCUT2D eigenvalue weighted by Crippen LogP contribution is -2.54. The first-order chi connectivity index (χ1) is 15.8. The molecule has 8 fully saturated rings. The van der Waals surface area contributed by atoms with E-state index in [-0.39, 0.29) is 7.92 Å². The van der Waals surface area contributed by atoms with Crippen LogP contribution in [0.1, 0.15) is 64.2 Å². The number of para-hydroxylation sites is 1. The Hall–Kier alpha value is -1.07. The largest absolute Gasteiger partial charge is 0.317 e. The molecule has 0 spiro atoms. The lowest BCUT2D eigenvalue weighted by molar-refractivity contribution is 0.0136. The first-order valence-electron chi connectivity index (χ1n) is 13.8. The van der Waals surface area contributed by atoms with E-state index in [4.69, 9.17) is 0 Å². The van der Waals surface area contributed by atoms with Crippen molar-refractivity contribution in [2.75, 3.05) is 0 Å². The monoisotopic (exact) mass is 443 g/mol. The molecule has 32 heavy (non-hydrogen) atoms. The van der Waals surface area contributed by atoms with E-state index < -0.39 is 0 Å². The van der Waals surface area contributed by atoms with Crippen molar-refractivity contribution >= 4 is 13.4 Å². The average Bonchev–Trinajstić information content (AvgIpc) is 3.26. The maximum Gasteiger partial charge on any atom is 0.0464 e. The Morgan fingerprint density at radius 3 is 1.47 bits per heavy atom. The Morgan fingerprint density at radius 1 is 0.531 bits per heavy atom. The molecule has 1 nitrogen and oxygen atoms in total. The summed E-state index contributed by atoms with van der Waals surface area (Å²) in [6, 6.07) is 16.3. The Morgan fingerprint density at radius 2 is 1.00 bits per heavy atom. The summed E-state index contributed by atoms with van der Waals surface area (Å²) in [5.41, 5.74) is 5.20. The molecule has 0 N–H and O–H groups in total. The highest BCUT2D eigenvalue weighted by molar-refractivity contribution is 7.67. The van der Waals surface area contributed by atoms with Crippen LogP contribution in [0.2, 0.25) is 0 Å². The normalized spacial score (nSPS) is 46.6. The van der Waals surface area contributed by atoms with Gasteiger partial charge in [0.25, 0.3) is 0 Å². The molecule has 10 rings (SSSR count). The number of rotatable bonds is 4. The minimum absolute atomic E-state index is 0.1000. The van der Waals surface area contributed by atoms with Gasteiger partial charge < -0.3 is 4.57 Å². The predicted octanol–water partition coefficient (Wildman–Crippen LogP) is 7.23. The number of hydrogen-bond acceptors (Lipinski definition) is 0. The van der Waals surface area contributed by atoms with Gasteiger partial charge in [0.2, 0.25) is 0 Å². The van der Waals surface area contributed by atoms with Crippen LogP contribution in [0.4, 0.5) is 0 Å². The van der Waals surface area contributed by atoms with E-state index in [2.05, 4.69) is 53.2 Å². The van der Waals surface area contributed by atoms with Crippen LogP contribution >= 0.6 is 7.92 Å². The number of benzene rings is 1. The maximum absolute atomic E-state index is 2.64. The highest BCUT2D eigenvalue weighted by Crippen LogP contribution is 2.70. The molecule has 1 aromatic carbocycles. The van der Waals surface area contributed by atoms with Gasteiger partial charge in [0.15, 0.2) is 0 Å². The third-order valence-electron chi connectivity index (χ3n) is 11.0. The van der Waals surface area contributed by atoms with E-state index in [1.165, 1.54) is 5.69 Å². The van der Waals surface area contributed by atoms with Gasteiger partial charge in [-0.1, -0.05) is 18.2 Å². The average molecular weight is 444 g/mol. The molecule has 1 aromatic heterocycles. The van der Waals surface area contributed by atoms with Gasteiger partial charge in [0.1, 0.15) is 0 Å². The van der Waals surface area contributed by atoms with Gasteiger partial charge in [-0.15, -0.1) is 0 Å². The topological polar surface area (TPSA) is 4.93 Å². The van der Waals surface area contributed by atoms with Crippen molar-refractivity contribution in [3.63, 3.8) is 0 Å². The van der Waals surface area contributed by atoms with Gasteiger partial charge in [-0.3, -0.25) is 0 Å². The number of aromatic nitrogens is 1. The fourth-order valence-corrected chi connectivity index (χ4v) is 15.1. The number of hydrogen-bond donors (Lipinski definition) is 0. The van der Waals surface area contributed by atoms with E-state index in [0.717, 1.165) is 58.7 Å². The van der Waals surface area contributed by atoms with Gasteiger partial charge in [-0.2, -0.15) is 0 Å². The fraction of sp³-hybridized carbons (Fsp3) is 0.667. The van der Waals surface area contributed by atoms with Crippen molar-refractivity contribution in [3.8, 4) is 5.69 Å². The van der Waals surface area contributed by atoms with Gasteiger partial charge in [-0.25, -0.2) is 0 Å². The molecule has 8 saturated carbocycles. The van der Waals surface area contributed by atoms with Crippen LogP contribution in [0.3, 0.4) is 0 Å². The molecule has 0 radical (unpaired) electrons. The SMILES string of the molecule is c1ccc(-n2cccc2P(C2C3CC4CC(C3)CC2C4)C2C3CC4CC(C3)CC2C4)cc1. The summed E-state index contributed by atoms with van der Waals surface area (Å²) in [6.07, 6.45) is 18.2. The first-order valence-corrected chi connectivity index (χ1v) is 15.3. The van der Waals surface area contributed by atoms with E-state index >= 15 is 0 Å². The molecular formula is C30H38NP. The maximum atomic E-state index is 2.64. The molecule has 168 valence electrons. The van der Waals surface area contributed by atoms with Crippen molar-refractivity contribution < 1.29 is 0 Å². The van der Waals surface area contributed by atoms with Crippen LogP contribution in [0.5, 0.6) is 0 Å². The molecule has 0 amide bonds. The first kappa shape index (κ1) is 19.3. The third-order valence-corrected chi connectivity index (χ3v) is 14.9. The second kappa shape index (κ2) is 7.21.